The van der Waals surface area contributed by atoms with Crippen LogP contribution in [-0.2, 0) is 6.18 Å². The Labute approximate surface area is 105 Å². The average Bonchev–Trinajstić information content (AvgIpc) is 2.61. The predicted molar refractivity (Wildman–Crippen MR) is 62.3 cm³/mol. The Hall–Kier alpha value is -1.07. The van der Waals surface area contributed by atoms with Crippen molar-refractivity contribution in [3.8, 4) is 11.3 Å². The maximum absolute atomic E-state index is 12.6. The normalized spacial score (nSPS) is 11.8. The number of aromatic nitrogens is 1. The Morgan fingerprint density at radius 1 is 1.18 bits per heavy atom. The smallest absolute Gasteiger partial charge is 0.192 e. The molecule has 2 aromatic rings. The van der Waals surface area contributed by atoms with Gasteiger partial charge in [-0.25, -0.2) is 0 Å². The highest BCUT2D eigenvalue weighted by Crippen LogP contribution is 2.39. The molecular weight excluding hydrogens is 271 g/mol. The van der Waals surface area contributed by atoms with Crippen molar-refractivity contribution in [2.45, 2.75) is 13.1 Å². The van der Waals surface area contributed by atoms with Gasteiger partial charge in [-0.2, -0.15) is 17.5 Å². The molecule has 1 aromatic heterocycles. The number of rotatable bonds is 1. The fourth-order valence-electron chi connectivity index (χ4n) is 1.48. The summed E-state index contributed by atoms with van der Waals surface area (Å²) in [6.07, 6.45) is -4.34. The van der Waals surface area contributed by atoms with Gasteiger partial charge in [0.1, 0.15) is 4.88 Å². The Balaban J connectivity index is 2.48. The molecular formula is C11H7ClF3NS. The lowest BCUT2D eigenvalue weighted by atomic mass is 10.1. The van der Waals surface area contributed by atoms with Gasteiger partial charge in [-0.15, -0.1) is 0 Å². The third-order valence-electron chi connectivity index (χ3n) is 2.30. The summed E-state index contributed by atoms with van der Waals surface area (Å²) in [4.78, 5) is -0.651. The van der Waals surface area contributed by atoms with Gasteiger partial charge in [0.2, 0.25) is 0 Å². The van der Waals surface area contributed by atoms with E-state index in [1.54, 1.807) is 24.3 Å². The molecule has 1 aromatic carbocycles. The van der Waals surface area contributed by atoms with Crippen molar-refractivity contribution in [1.82, 2.24) is 4.37 Å². The zero-order valence-electron chi connectivity index (χ0n) is 8.68. The lowest BCUT2D eigenvalue weighted by Gasteiger charge is -2.04. The second kappa shape index (κ2) is 4.31. The third-order valence-corrected chi connectivity index (χ3v) is 3.55. The van der Waals surface area contributed by atoms with E-state index in [4.69, 9.17) is 11.6 Å². The van der Waals surface area contributed by atoms with Crippen LogP contribution in [0.4, 0.5) is 13.2 Å². The molecule has 90 valence electrons. The quantitative estimate of drug-likeness (QED) is 0.730. The van der Waals surface area contributed by atoms with Crippen molar-refractivity contribution in [3.63, 3.8) is 0 Å². The minimum Gasteiger partial charge on any atom is -0.192 e. The van der Waals surface area contributed by atoms with E-state index < -0.39 is 11.1 Å². The molecule has 0 aliphatic carbocycles. The molecule has 0 N–H and O–H groups in total. The lowest BCUT2D eigenvalue weighted by Crippen LogP contribution is -2.03. The van der Waals surface area contributed by atoms with Crippen LogP contribution < -0.4 is 0 Å². The van der Waals surface area contributed by atoms with Crippen LogP contribution in [0, 0.1) is 6.92 Å². The minimum atomic E-state index is -4.34. The average molecular weight is 278 g/mol. The molecule has 0 saturated carbocycles. The van der Waals surface area contributed by atoms with Crippen molar-refractivity contribution >= 4 is 23.1 Å². The number of nitrogens with zero attached hydrogens (tertiary/aromatic N) is 1. The number of hydrogen-bond donors (Lipinski definition) is 0. The second-order valence-corrected chi connectivity index (χ2v) is 4.70. The van der Waals surface area contributed by atoms with Gasteiger partial charge in [-0.05, 0) is 30.6 Å². The summed E-state index contributed by atoms with van der Waals surface area (Å²) in [6.45, 7) is 1.43. The molecule has 6 heteroatoms. The maximum Gasteiger partial charge on any atom is 0.427 e. The zero-order valence-corrected chi connectivity index (χ0v) is 10.2. The van der Waals surface area contributed by atoms with Crippen molar-refractivity contribution < 1.29 is 13.2 Å². The van der Waals surface area contributed by atoms with Crippen molar-refractivity contribution in [3.05, 3.63) is 39.7 Å². The van der Waals surface area contributed by atoms with E-state index in [0.29, 0.717) is 27.8 Å². The molecule has 2 rings (SSSR count). The van der Waals surface area contributed by atoms with Crippen LogP contribution in [0.1, 0.15) is 10.4 Å². The molecule has 0 fully saturated rings. The van der Waals surface area contributed by atoms with Crippen molar-refractivity contribution in [1.29, 1.82) is 0 Å². The van der Waals surface area contributed by atoms with Gasteiger partial charge in [-0.1, -0.05) is 23.7 Å². The summed E-state index contributed by atoms with van der Waals surface area (Å²) in [5.74, 6) is 0. The van der Waals surface area contributed by atoms with Crippen LogP contribution in [0.3, 0.4) is 0 Å². The van der Waals surface area contributed by atoms with Gasteiger partial charge in [0, 0.05) is 16.1 Å². The third kappa shape index (κ3) is 2.45. The predicted octanol–water partition coefficient (Wildman–Crippen LogP) is 4.79. The van der Waals surface area contributed by atoms with Gasteiger partial charge >= 0.3 is 6.18 Å². The number of alkyl halides is 3. The SMILES string of the molecule is Cc1c(-c2ccc(Cl)cc2)nsc1C(F)(F)F. The standard InChI is InChI=1S/C11H7ClF3NS/c1-6-9(7-2-4-8(12)5-3-7)16-17-10(6)11(13,14)15/h2-5H,1H3. The monoisotopic (exact) mass is 277 g/mol. The summed E-state index contributed by atoms with van der Waals surface area (Å²) in [5, 5.41) is 0.540. The van der Waals surface area contributed by atoms with Crippen molar-refractivity contribution in [2.75, 3.05) is 0 Å². The van der Waals surface area contributed by atoms with E-state index >= 15 is 0 Å². The fraction of sp³-hybridized carbons (Fsp3) is 0.182. The molecule has 0 atom stereocenters. The van der Waals surface area contributed by atoms with E-state index in [9.17, 15) is 13.2 Å². The first-order valence-corrected chi connectivity index (χ1v) is 5.84. The molecule has 1 nitrogen and oxygen atoms in total. The molecule has 0 saturated heterocycles. The van der Waals surface area contributed by atoms with Crippen LogP contribution >= 0.6 is 23.1 Å². The maximum atomic E-state index is 12.6. The van der Waals surface area contributed by atoms with Crippen LogP contribution in [0.5, 0.6) is 0 Å². The Morgan fingerprint density at radius 2 is 1.76 bits per heavy atom. The van der Waals surface area contributed by atoms with E-state index in [1.807, 2.05) is 0 Å². The van der Waals surface area contributed by atoms with E-state index in [2.05, 4.69) is 4.37 Å². The zero-order chi connectivity index (χ0) is 12.6. The van der Waals surface area contributed by atoms with Crippen molar-refractivity contribution in [2.24, 2.45) is 0 Å². The summed E-state index contributed by atoms with van der Waals surface area (Å²) in [6, 6.07) is 6.57. The molecule has 0 radical (unpaired) electrons. The lowest BCUT2D eigenvalue weighted by molar-refractivity contribution is -0.134. The van der Waals surface area contributed by atoms with E-state index in [1.165, 1.54) is 6.92 Å². The van der Waals surface area contributed by atoms with Gasteiger partial charge in [-0.3, -0.25) is 0 Å². The fourth-order valence-corrected chi connectivity index (χ4v) is 2.37. The second-order valence-electron chi connectivity index (χ2n) is 3.49. The molecule has 0 spiro atoms. The Bertz CT molecular complexity index is 531. The van der Waals surface area contributed by atoms with Gasteiger partial charge in [0.25, 0.3) is 0 Å². The molecule has 0 bridgehead atoms. The van der Waals surface area contributed by atoms with E-state index in [-0.39, 0.29) is 5.56 Å². The van der Waals surface area contributed by atoms with Gasteiger partial charge in [0.05, 0.1) is 5.69 Å². The summed E-state index contributed by atoms with van der Waals surface area (Å²) in [7, 11) is 0. The highest BCUT2D eigenvalue weighted by Gasteiger charge is 2.36. The number of benzene rings is 1. The van der Waals surface area contributed by atoms with Crippen LogP contribution in [-0.4, -0.2) is 4.37 Å². The molecule has 0 aliphatic heterocycles. The van der Waals surface area contributed by atoms with Crippen LogP contribution in [0.25, 0.3) is 11.3 Å². The Kier molecular flexibility index (Phi) is 3.14. The molecule has 0 amide bonds. The van der Waals surface area contributed by atoms with E-state index in [0.717, 1.165) is 0 Å². The Morgan fingerprint density at radius 3 is 2.24 bits per heavy atom. The number of halogens is 4. The molecule has 0 unspecified atom stereocenters. The molecule has 1 heterocycles. The highest BCUT2D eigenvalue weighted by molar-refractivity contribution is 7.06. The first-order valence-electron chi connectivity index (χ1n) is 4.69. The highest BCUT2D eigenvalue weighted by atomic mass is 35.5. The number of hydrogen-bond acceptors (Lipinski definition) is 2. The van der Waals surface area contributed by atoms with Crippen LogP contribution in [0.15, 0.2) is 24.3 Å². The summed E-state index contributed by atoms with van der Waals surface area (Å²) in [5.41, 5.74) is 1.16. The largest absolute Gasteiger partial charge is 0.427 e. The van der Waals surface area contributed by atoms with Gasteiger partial charge < -0.3 is 0 Å². The molecule has 17 heavy (non-hydrogen) atoms. The van der Waals surface area contributed by atoms with Crippen LogP contribution in [0.2, 0.25) is 5.02 Å². The minimum absolute atomic E-state index is 0.157. The topological polar surface area (TPSA) is 12.9 Å². The summed E-state index contributed by atoms with van der Waals surface area (Å²) < 4.78 is 41.6. The first kappa shape index (κ1) is 12.4. The molecule has 0 aliphatic rings. The van der Waals surface area contributed by atoms with Gasteiger partial charge in [0.15, 0.2) is 0 Å². The summed E-state index contributed by atoms with van der Waals surface area (Å²) >= 11 is 6.19. The first-order chi connectivity index (χ1) is 7.89.